The molecule has 1 saturated heterocycles. The molecule has 1 unspecified atom stereocenters. The van der Waals surface area contributed by atoms with Crippen LogP contribution in [0, 0.1) is 11.6 Å². The normalized spacial score (nSPS) is 17.1. The van der Waals surface area contributed by atoms with Crippen molar-refractivity contribution in [3.63, 3.8) is 0 Å². The van der Waals surface area contributed by atoms with E-state index in [1.54, 1.807) is 24.3 Å². The van der Waals surface area contributed by atoms with Gasteiger partial charge >= 0.3 is 5.91 Å². The Morgan fingerprint density at radius 1 is 1.08 bits per heavy atom. The Bertz CT molecular complexity index is 1530. The number of aromatic nitrogens is 1. The molecule has 0 spiro atoms. The van der Waals surface area contributed by atoms with E-state index in [-0.39, 0.29) is 32.2 Å². The largest absolute Gasteiger partial charge is 0.508 e. The van der Waals surface area contributed by atoms with Crippen LogP contribution in [0.1, 0.15) is 30.5 Å². The summed E-state index contributed by atoms with van der Waals surface area (Å²) in [7, 11) is 0. The summed E-state index contributed by atoms with van der Waals surface area (Å²) < 4.78 is 33.5. The molecule has 3 aromatic carbocycles. The highest BCUT2D eigenvalue weighted by Gasteiger charge is 2.48. The van der Waals surface area contributed by atoms with Gasteiger partial charge in [0.1, 0.15) is 17.3 Å². The molecule has 0 aliphatic carbocycles. The standard InChI is InChI=1S/C27H20F2N2O5S/c1-2-10-36-17-5-3-4-15(11-17)24(33)22-23(14-6-8-16(32)9-7-14)31(26(35)25(22)34)27-30-20-12-18(28)19(29)13-21(20)37-27/h3-9,11-13,23,32-33H,2,10H2,1H3/b24-22+. The van der Waals surface area contributed by atoms with Gasteiger partial charge in [-0.3, -0.25) is 14.5 Å². The molecule has 1 fully saturated rings. The van der Waals surface area contributed by atoms with Crippen LogP contribution in [0.3, 0.4) is 0 Å². The number of fused-ring (bicyclic) bond motifs is 1. The van der Waals surface area contributed by atoms with Crippen LogP contribution >= 0.6 is 11.3 Å². The number of benzene rings is 3. The summed E-state index contributed by atoms with van der Waals surface area (Å²) in [6, 6.07) is 13.1. The van der Waals surface area contributed by atoms with E-state index >= 15 is 0 Å². The lowest BCUT2D eigenvalue weighted by molar-refractivity contribution is -0.132. The second-order valence-corrected chi connectivity index (χ2v) is 9.38. The summed E-state index contributed by atoms with van der Waals surface area (Å²) in [5.41, 5.74) is 0.600. The molecule has 1 aliphatic heterocycles. The maximum atomic E-state index is 13.8. The molecule has 1 aromatic heterocycles. The van der Waals surface area contributed by atoms with Gasteiger partial charge in [-0.25, -0.2) is 13.8 Å². The lowest BCUT2D eigenvalue weighted by Gasteiger charge is -2.23. The molecule has 4 aromatic rings. The number of aliphatic hydroxyl groups is 1. The summed E-state index contributed by atoms with van der Waals surface area (Å²) >= 11 is 0.907. The fourth-order valence-electron chi connectivity index (χ4n) is 4.12. The topological polar surface area (TPSA) is 100.0 Å². The number of rotatable bonds is 6. The van der Waals surface area contributed by atoms with E-state index in [1.165, 1.54) is 24.3 Å². The molecule has 0 bridgehead atoms. The van der Waals surface area contributed by atoms with Gasteiger partial charge in [0.05, 0.1) is 28.4 Å². The fourth-order valence-corrected chi connectivity index (χ4v) is 5.12. The van der Waals surface area contributed by atoms with Crippen molar-refractivity contribution in [3.05, 3.63) is 89.0 Å². The maximum Gasteiger partial charge on any atom is 0.301 e. The van der Waals surface area contributed by atoms with Crippen molar-refractivity contribution < 1.29 is 33.3 Å². The molecule has 7 nitrogen and oxygen atoms in total. The number of carbonyl (C=O) groups is 2. The smallest absolute Gasteiger partial charge is 0.301 e. The maximum absolute atomic E-state index is 13.8. The average molecular weight is 523 g/mol. The number of aliphatic hydroxyl groups excluding tert-OH is 1. The van der Waals surface area contributed by atoms with Crippen molar-refractivity contribution >= 4 is 44.1 Å². The number of nitrogens with zero attached hydrogens (tertiary/aromatic N) is 2. The van der Waals surface area contributed by atoms with E-state index in [9.17, 15) is 28.6 Å². The van der Waals surface area contributed by atoms with E-state index in [4.69, 9.17) is 4.74 Å². The number of Topliss-reactive ketones (excluding diaryl/α,β-unsaturated/α-hetero) is 1. The lowest BCUT2D eigenvalue weighted by atomic mass is 9.95. The zero-order chi connectivity index (χ0) is 26.3. The van der Waals surface area contributed by atoms with Crippen molar-refractivity contribution in [1.29, 1.82) is 0 Å². The van der Waals surface area contributed by atoms with E-state index in [0.29, 0.717) is 17.9 Å². The lowest BCUT2D eigenvalue weighted by Crippen LogP contribution is -2.29. The third-order valence-electron chi connectivity index (χ3n) is 5.86. The molecule has 10 heteroatoms. The first-order chi connectivity index (χ1) is 17.8. The number of anilines is 1. The number of amides is 1. The Morgan fingerprint density at radius 3 is 2.54 bits per heavy atom. The average Bonchev–Trinajstić information content (AvgIpc) is 3.40. The van der Waals surface area contributed by atoms with Gasteiger partial charge in [0.2, 0.25) is 0 Å². The molecule has 2 heterocycles. The van der Waals surface area contributed by atoms with Crippen LogP contribution in [-0.4, -0.2) is 33.5 Å². The second-order valence-electron chi connectivity index (χ2n) is 8.37. The molecule has 37 heavy (non-hydrogen) atoms. The van der Waals surface area contributed by atoms with Crippen LogP contribution in [0.4, 0.5) is 13.9 Å². The van der Waals surface area contributed by atoms with Crippen LogP contribution in [0.5, 0.6) is 11.5 Å². The molecule has 0 saturated carbocycles. The van der Waals surface area contributed by atoms with E-state index in [0.717, 1.165) is 34.8 Å². The van der Waals surface area contributed by atoms with E-state index in [2.05, 4.69) is 4.98 Å². The molecule has 188 valence electrons. The fraction of sp³-hybridized carbons (Fsp3) is 0.148. The first-order valence-electron chi connectivity index (χ1n) is 11.4. The molecular weight excluding hydrogens is 502 g/mol. The Hall–Kier alpha value is -4.31. The Balaban J connectivity index is 1.68. The molecule has 1 aliphatic rings. The van der Waals surface area contributed by atoms with Crippen LogP contribution in [-0.2, 0) is 9.59 Å². The SMILES string of the molecule is CCCOc1cccc(/C(O)=C2\C(=O)C(=O)N(c3nc4cc(F)c(F)cc4s3)C2c2ccc(O)cc2)c1. The zero-order valence-electron chi connectivity index (χ0n) is 19.4. The number of ketones is 1. The van der Waals surface area contributed by atoms with Crippen molar-refractivity contribution in [2.24, 2.45) is 0 Å². The van der Waals surface area contributed by atoms with Crippen LogP contribution < -0.4 is 9.64 Å². The van der Waals surface area contributed by atoms with Crippen LogP contribution in [0.15, 0.2) is 66.2 Å². The zero-order valence-corrected chi connectivity index (χ0v) is 20.3. The number of phenols is 1. The summed E-state index contributed by atoms with van der Waals surface area (Å²) in [4.78, 5) is 32.0. The van der Waals surface area contributed by atoms with E-state index in [1.807, 2.05) is 6.92 Å². The number of ether oxygens (including phenoxy) is 1. The molecule has 1 amide bonds. The Labute approximate surface area is 213 Å². The summed E-state index contributed by atoms with van der Waals surface area (Å²) in [6.45, 7) is 2.41. The van der Waals surface area contributed by atoms with Gasteiger partial charge in [0, 0.05) is 11.6 Å². The van der Waals surface area contributed by atoms with Crippen molar-refractivity contribution in [2.75, 3.05) is 11.5 Å². The Morgan fingerprint density at radius 2 is 1.81 bits per heavy atom. The number of hydrogen-bond donors (Lipinski definition) is 2. The van der Waals surface area contributed by atoms with Crippen molar-refractivity contribution in [2.45, 2.75) is 19.4 Å². The highest BCUT2D eigenvalue weighted by atomic mass is 32.1. The Kier molecular flexibility index (Phi) is 6.34. The third-order valence-corrected chi connectivity index (χ3v) is 6.88. The number of carbonyl (C=O) groups excluding carboxylic acids is 2. The van der Waals surface area contributed by atoms with Crippen LogP contribution in [0.25, 0.3) is 16.0 Å². The van der Waals surface area contributed by atoms with Gasteiger partial charge in [-0.2, -0.15) is 0 Å². The number of thiazole rings is 1. The third kappa shape index (κ3) is 4.40. The summed E-state index contributed by atoms with van der Waals surface area (Å²) in [5, 5.41) is 21.1. The van der Waals surface area contributed by atoms with E-state index < -0.39 is 35.1 Å². The monoisotopic (exact) mass is 522 g/mol. The predicted molar refractivity (Wildman–Crippen MR) is 135 cm³/mol. The van der Waals surface area contributed by atoms with Gasteiger partial charge in [-0.15, -0.1) is 0 Å². The highest BCUT2D eigenvalue weighted by molar-refractivity contribution is 7.22. The molecule has 5 rings (SSSR count). The van der Waals surface area contributed by atoms with Gasteiger partial charge in [0.25, 0.3) is 5.78 Å². The number of aromatic hydroxyl groups is 1. The van der Waals surface area contributed by atoms with Crippen LogP contribution in [0.2, 0.25) is 0 Å². The first kappa shape index (κ1) is 24.4. The summed E-state index contributed by atoms with van der Waals surface area (Å²) in [6.07, 6.45) is 0.776. The predicted octanol–water partition coefficient (Wildman–Crippen LogP) is 5.70. The van der Waals surface area contributed by atoms with Crippen molar-refractivity contribution in [3.8, 4) is 11.5 Å². The minimum absolute atomic E-state index is 0.0271. The van der Waals surface area contributed by atoms with Gasteiger partial charge < -0.3 is 14.9 Å². The molecular formula is C27H20F2N2O5S. The minimum Gasteiger partial charge on any atom is -0.508 e. The highest BCUT2D eigenvalue weighted by Crippen LogP contribution is 2.44. The minimum atomic E-state index is -1.11. The van der Waals surface area contributed by atoms with Gasteiger partial charge in [-0.05, 0) is 42.3 Å². The quantitative estimate of drug-likeness (QED) is 0.192. The molecule has 1 atom stereocenters. The number of phenolic OH excluding ortho intramolecular Hbond substituents is 1. The summed E-state index contributed by atoms with van der Waals surface area (Å²) in [5.74, 6) is -4.04. The number of hydrogen-bond acceptors (Lipinski definition) is 7. The van der Waals surface area contributed by atoms with Gasteiger partial charge in [0.15, 0.2) is 16.8 Å². The molecule has 0 radical (unpaired) electrons. The first-order valence-corrected chi connectivity index (χ1v) is 12.2. The van der Waals surface area contributed by atoms with Gasteiger partial charge in [-0.1, -0.05) is 42.5 Å². The van der Waals surface area contributed by atoms with Crippen molar-refractivity contribution in [1.82, 2.24) is 4.98 Å². The molecule has 2 N–H and O–H groups in total. The second kappa shape index (κ2) is 9.62. The number of halogens is 2.